The van der Waals surface area contributed by atoms with Gasteiger partial charge in [0.25, 0.3) is 5.56 Å². The van der Waals surface area contributed by atoms with Crippen molar-refractivity contribution >= 4 is 15.9 Å². The zero-order valence-corrected chi connectivity index (χ0v) is 13.9. The molecule has 0 fully saturated rings. The molecule has 1 aromatic carbocycles. The minimum absolute atomic E-state index is 0.103. The number of aromatic nitrogens is 2. The van der Waals surface area contributed by atoms with Crippen molar-refractivity contribution < 1.29 is 0 Å². The molecule has 0 aliphatic heterocycles. The molecule has 2 rings (SSSR count). The summed E-state index contributed by atoms with van der Waals surface area (Å²) >= 11 is 3.52. The molecule has 0 aliphatic carbocycles. The van der Waals surface area contributed by atoms with E-state index < -0.39 is 0 Å². The van der Waals surface area contributed by atoms with Crippen molar-refractivity contribution in [3.05, 3.63) is 62.2 Å². The monoisotopic (exact) mass is 349 g/mol. The highest BCUT2D eigenvalue weighted by Crippen LogP contribution is 2.17. The molecule has 0 amide bonds. The number of H-pyrrole nitrogens is 1. The van der Waals surface area contributed by atoms with E-state index in [0.29, 0.717) is 24.7 Å². The molecule has 21 heavy (non-hydrogen) atoms. The Balaban J connectivity index is 2.12. The van der Waals surface area contributed by atoms with Gasteiger partial charge in [-0.05, 0) is 24.1 Å². The van der Waals surface area contributed by atoms with Crippen LogP contribution in [0.2, 0.25) is 0 Å². The fourth-order valence-corrected chi connectivity index (χ4v) is 2.47. The Morgan fingerprint density at radius 3 is 2.81 bits per heavy atom. The molecule has 0 unspecified atom stereocenters. The Hall–Kier alpha value is -1.46. The van der Waals surface area contributed by atoms with Gasteiger partial charge in [0, 0.05) is 23.5 Å². The van der Waals surface area contributed by atoms with Crippen LogP contribution in [0.5, 0.6) is 0 Å². The van der Waals surface area contributed by atoms with Crippen LogP contribution in [0.3, 0.4) is 0 Å². The second kappa shape index (κ2) is 7.52. The Morgan fingerprint density at radius 2 is 2.10 bits per heavy atom. The first kappa shape index (κ1) is 15.9. The van der Waals surface area contributed by atoms with E-state index in [1.165, 1.54) is 0 Å². The van der Waals surface area contributed by atoms with Gasteiger partial charge in [0.15, 0.2) is 0 Å². The van der Waals surface area contributed by atoms with Crippen molar-refractivity contribution in [2.75, 3.05) is 6.54 Å². The first-order valence-electron chi connectivity index (χ1n) is 7.08. The molecule has 4 nitrogen and oxygen atoms in total. The Bertz CT molecular complexity index is 652. The topological polar surface area (TPSA) is 57.8 Å². The fraction of sp³-hybridized carbons (Fsp3) is 0.375. The molecule has 0 atom stereocenters. The van der Waals surface area contributed by atoms with Gasteiger partial charge in [-0.25, -0.2) is 4.98 Å². The summed E-state index contributed by atoms with van der Waals surface area (Å²) in [6.07, 6.45) is 0.606. The summed E-state index contributed by atoms with van der Waals surface area (Å²) in [7, 11) is 0. The lowest BCUT2D eigenvalue weighted by Gasteiger charge is -2.08. The van der Waals surface area contributed by atoms with Crippen molar-refractivity contribution in [1.82, 2.24) is 15.3 Å². The molecule has 2 aromatic rings. The van der Waals surface area contributed by atoms with Crippen LogP contribution in [0, 0.1) is 5.92 Å². The fourth-order valence-electron chi connectivity index (χ4n) is 2.05. The first-order valence-corrected chi connectivity index (χ1v) is 7.87. The molecule has 1 aromatic heterocycles. The second-order valence-electron chi connectivity index (χ2n) is 5.48. The third-order valence-electron chi connectivity index (χ3n) is 3.02. The maximum atomic E-state index is 11.7. The molecule has 2 N–H and O–H groups in total. The summed E-state index contributed by atoms with van der Waals surface area (Å²) in [6, 6.07) is 9.51. The van der Waals surface area contributed by atoms with Gasteiger partial charge in [-0.3, -0.25) is 4.79 Å². The van der Waals surface area contributed by atoms with E-state index in [-0.39, 0.29) is 5.56 Å². The van der Waals surface area contributed by atoms with Gasteiger partial charge in [-0.1, -0.05) is 48.0 Å². The lowest BCUT2D eigenvalue weighted by atomic mass is 10.1. The molecule has 0 spiro atoms. The minimum Gasteiger partial charge on any atom is -0.311 e. The number of hydrogen-bond donors (Lipinski definition) is 2. The average molecular weight is 350 g/mol. The minimum atomic E-state index is -0.103. The zero-order chi connectivity index (χ0) is 15.2. The number of nitrogens with zero attached hydrogens (tertiary/aromatic N) is 1. The molecule has 1 heterocycles. The number of hydrogen-bond acceptors (Lipinski definition) is 3. The third kappa shape index (κ3) is 5.10. The highest BCUT2D eigenvalue weighted by Gasteiger charge is 2.05. The van der Waals surface area contributed by atoms with Crippen LogP contribution in [0.25, 0.3) is 0 Å². The summed E-state index contributed by atoms with van der Waals surface area (Å²) < 4.78 is 1.02. The largest absolute Gasteiger partial charge is 0.311 e. The predicted octanol–water partition coefficient (Wildman–Crippen LogP) is 2.87. The Labute approximate surface area is 133 Å². The maximum absolute atomic E-state index is 11.7. The zero-order valence-electron chi connectivity index (χ0n) is 12.3. The number of nitrogens with one attached hydrogen (secondary N) is 2. The van der Waals surface area contributed by atoms with Crippen molar-refractivity contribution in [1.29, 1.82) is 0 Å². The average Bonchev–Trinajstić information content (AvgIpc) is 2.40. The summed E-state index contributed by atoms with van der Waals surface area (Å²) in [6.45, 7) is 5.83. The van der Waals surface area contributed by atoms with Gasteiger partial charge in [0.1, 0.15) is 5.82 Å². The van der Waals surface area contributed by atoms with Gasteiger partial charge in [0.05, 0.1) is 5.69 Å². The molecule has 0 radical (unpaired) electrons. The van der Waals surface area contributed by atoms with Crippen molar-refractivity contribution in [2.45, 2.75) is 26.8 Å². The SMILES string of the molecule is CC(C)CNCc1cc(=O)[nH]c(Cc2ccccc2Br)n1. The van der Waals surface area contributed by atoms with Crippen LogP contribution in [0.15, 0.2) is 39.6 Å². The predicted molar refractivity (Wildman–Crippen MR) is 88.4 cm³/mol. The van der Waals surface area contributed by atoms with E-state index in [4.69, 9.17) is 0 Å². The molecule has 5 heteroatoms. The summed E-state index contributed by atoms with van der Waals surface area (Å²) in [4.78, 5) is 19.1. The van der Waals surface area contributed by atoms with E-state index in [9.17, 15) is 4.79 Å². The van der Waals surface area contributed by atoms with Crippen LogP contribution < -0.4 is 10.9 Å². The summed E-state index contributed by atoms with van der Waals surface area (Å²) in [5.74, 6) is 1.27. The van der Waals surface area contributed by atoms with Gasteiger partial charge in [-0.15, -0.1) is 0 Å². The highest BCUT2D eigenvalue weighted by atomic mass is 79.9. The summed E-state index contributed by atoms with van der Waals surface area (Å²) in [5, 5.41) is 3.31. The lowest BCUT2D eigenvalue weighted by molar-refractivity contribution is 0.547. The van der Waals surface area contributed by atoms with Crippen molar-refractivity contribution in [3.63, 3.8) is 0 Å². The van der Waals surface area contributed by atoms with Crippen molar-refractivity contribution in [2.24, 2.45) is 5.92 Å². The Morgan fingerprint density at radius 1 is 1.33 bits per heavy atom. The quantitative estimate of drug-likeness (QED) is 0.842. The molecule has 0 bridgehead atoms. The smallest absolute Gasteiger partial charge is 0.251 e. The molecule has 112 valence electrons. The number of aromatic amines is 1. The second-order valence-corrected chi connectivity index (χ2v) is 6.33. The first-order chi connectivity index (χ1) is 10.0. The van der Waals surface area contributed by atoms with Crippen LogP contribution in [0.1, 0.15) is 30.9 Å². The number of rotatable bonds is 6. The lowest BCUT2D eigenvalue weighted by Crippen LogP contribution is -2.22. The van der Waals surface area contributed by atoms with Crippen molar-refractivity contribution in [3.8, 4) is 0 Å². The third-order valence-corrected chi connectivity index (χ3v) is 3.79. The molecule has 0 saturated heterocycles. The van der Waals surface area contributed by atoms with E-state index in [0.717, 1.165) is 22.3 Å². The van der Waals surface area contributed by atoms with E-state index in [1.54, 1.807) is 6.07 Å². The van der Waals surface area contributed by atoms with Gasteiger partial charge < -0.3 is 10.3 Å². The van der Waals surface area contributed by atoms with Crippen LogP contribution >= 0.6 is 15.9 Å². The van der Waals surface area contributed by atoms with Gasteiger partial charge in [-0.2, -0.15) is 0 Å². The van der Waals surface area contributed by atoms with E-state index in [2.05, 4.69) is 45.1 Å². The molecule has 0 saturated carbocycles. The summed E-state index contributed by atoms with van der Waals surface area (Å²) in [5.41, 5.74) is 1.78. The van der Waals surface area contributed by atoms with Crippen LogP contribution in [0.4, 0.5) is 0 Å². The van der Waals surface area contributed by atoms with E-state index >= 15 is 0 Å². The normalized spacial score (nSPS) is 11.0. The van der Waals surface area contributed by atoms with Gasteiger partial charge in [0.2, 0.25) is 0 Å². The molecule has 0 aliphatic rings. The standard InChI is InChI=1S/C16H20BrN3O/c1-11(2)9-18-10-13-8-16(21)20-15(19-13)7-12-5-3-4-6-14(12)17/h3-6,8,11,18H,7,9-10H2,1-2H3,(H,19,20,21). The van der Waals surface area contributed by atoms with Gasteiger partial charge >= 0.3 is 0 Å². The Kier molecular flexibility index (Phi) is 5.70. The maximum Gasteiger partial charge on any atom is 0.251 e. The number of benzene rings is 1. The highest BCUT2D eigenvalue weighted by molar-refractivity contribution is 9.10. The van der Waals surface area contributed by atoms with Crippen LogP contribution in [-0.4, -0.2) is 16.5 Å². The van der Waals surface area contributed by atoms with E-state index in [1.807, 2.05) is 24.3 Å². The van der Waals surface area contributed by atoms with Crippen LogP contribution in [-0.2, 0) is 13.0 Å². The molecular formula is C16H20BrN3O. The molecular weight excluding hydrogens is 330 g/mol. The number of halogens is 1.